The van der Waals surface area contributed by atoms with E-state index < -0.39 is 18.8 Å². The second-order valence-corrected chi connectivity index (χ2v) is 9.34. The second kappa shape index (κ2) is 15.5. The van der Waals surface area contributed by atoms with Gasteiger partial charge in [0.25, 0.3) is 0 Å². The van der Waals surface area contributed by atoms with Gasteiger partial charge < -0.3 is 25.7 Å². The SMILES string of the molecule is C=C(Cl)C(=O)C(C)CC.CCC(CC)C(=N)c1c(C(O)CO)ccnc1Nc1ccc(OC(C)(F)F)cc1. The van der Waals surface area contributed by atoms with Crippen molar-refractivity contribution in [3.8, 4) is 5.75 Å². The number of ketones is 1. The summed E-state index contributed by atoms with van der Waals surface area (Å²) in [6.45, 7) is 11.3. The minimum Gasteiger partial charge on any atom is -0.433 e. The summed E-state index contributed by atoms with van der Waals surface area (Å²) in [5.74, 6) is 0.313. The van der Waals surface area contributed by atoms with Crippen molar-refractivity contribution in [1.82, 2.24) is 4.98 Å². The highest BCUT2D eigenvalue weighted by Gasteiger charge is 2.25. The van der Waals surface area contributed by atoms with Gasteiger partial charge in [0, 0.05) is 41.9 Å². The van der Waals surface area contributed by atoms with Crippen molar-refractivity contribution >= 4 is 34.6 Å². The Morgan fingerprint density at radius 2 is 1.76 bits per heavy atom. The van der Waals surface area contributed by atoms with Gasteiger partial charge >= 0.3 is 6.11 Å². The summed E-state index contributed by atoms with van der Waals surface area (Å²) in [5.41, 5.74) is 1.72. The molecule has 210 valence electrons. The molecular formula is C28H38ClF2N3O4. The fourth-order valence-corrected chi connectivity index (χ4v) is 3.72. The number of aliphatic hydroxyl groups is 2. The number of anilines is 2. The number of benzene rings is 1. The minimum absolute atomic E-state index is 0.0189. The first-order valence-corrected chi connectivity index (χ1v) is 12.9. The van der Waals surface area contributed by atoms with Crippen molar-refractivity contribution in [3.05, 3.63) is 59.3 Å². The van der Waals surface area contributed by atoms with Crippen LogP contribution in [0.2, 0.25) is 0 Å². The number of halogens is 3. The van der Waals surface area contributed by atoms with Gasteiger partial charge in [0.15, 0.2) is 5.78 Å². The fraction of sp³-hybridized carbons (Fsp3) is 0.464. The second-order valence-electron chi connectivity index (χ2n) is 8.89. The van der Waals surface area contributed by atoms with Crippen molar-refractivity contribution in [3.63, 3.8) is 0 Å². The van der Waals surface area contributed by atoms with Gasteiger partial charge in [0.05, 0.1) is 11.6 Å². The first-order chi connectivity index (χ1) is 17.8. The number of hydrogen-bond acceptors (Lipinski definition) is 7. The van der Waals surface area contributed by atoms with Gasteiger partial charge in [-0.2, -0.15) is 8.78 Å². The zero-order valence-electron chi connectivity index (χ0n) is 22.5. The number of allylic oxidation sites excluding steroid dienone is 1. The van der Waals surface area contributed by atoms with E-state index in [2.05, 4.69) is 21.6 Å². The molecule has 0 radical (unpaired) electrons. The molecule has 0 bridgehead atoms. The molecule has 0 saturated heterocycles. The molecule has 1 aromatic heterocycles. The summed E-state index contributed by atoms with van der Waals surface area (Å²) in [5, 5.41) is 31.5. The minimum atomic E-state index is -3.27. The average molecular weight is 554 g/mol. The Morgan fingerprint density at radius 1 is 1.18 bits per heavy atom. The number of hydrogen-bond donors (Lipinski definition) is 4. The molecule has 38 heavy (non-hydrogen) atoms. The molecule has 7 nitrogen and oxygen atoms in total. The third-order valence-corrected chi connectivity index (χ3v) is 6.11. The Hall–Kier alpha value is -2.88. The van der Waals surface area contributed by atoms with Gasteiger partial charge in [-0.25, -0.2) is 4.98 Å². The van der Waals surface area contributed by atoms with Crippen LogP contribution in [0, 0.1) is 17.2 Å². The molecular weight excluding hydrogens is 516 g/mol. The molecule has 1 heterocycles. The van der Waals surface area contributed by atoms with Gasteiger partial charge in [0.1, 0.15) is 17.7 Å². The molecule has 0 fully saturated rings. The standard InChI is InChI=1S/C21H27F2N3O3.C7H11ClO/c1-4-13(5-2)19(24)18-16(17(28)12-27)10-11-25-20(18)26-14-6-8-15(9-7-14)29-21(3,22)23;1-4-5(2)7(9)6(3)8/h6-11,13,17,24,27-28H,4-5,12H2,1-3H3,(H,25,26);5H,3-4H2,1-2H3. The molecule has 0 aliphatic rings. The highest BCUT2D eigenvalue weighted by molar-refractivity contribution is 6.42. The lowest BCUT2D eigenvalue weighted by atomic mass is 9.88. The summed E-state index contributed by atoms with van der Waals surface area (Å²) < 4.78 is 30.5. The van der Waals surface area contributed by atoms with Crippen LogP contribution in [0.15, 0.2) is 48.1 Å². The maximum absolute atomic E-state index is 13.0. The molecule has 2 atom stereocenters. The maximum atomic E-state index is 13.0. The smallest absolute Gasteiger partial charge is 0.394 e. The number of rotatable bonds is 13. The predicted octanol–water partition coefficient (Wildman–Crippen LogP) is 7.00. The van der Waals surface area contributed by atoms with Crippen molar-refractivity contribution in [2.75, 3.05) is 11.9 Å². The van der Waals surface area contributed by atoms with Crippen molar-refractivity contribution in [2.24, 2.45) is 11.8 Å². The molecule has 0 spiro atoms. The number of aliphatic hydroxyl groups excluding tert-OH is 2. The van der Waals surface area contributed by atoms with Crippen LogP contribution in [0.4, 0.5) is 20.3 Å². The monoisotopic (exact) mass is 553 g/mol. The Bertz CT molecular complexity index is 1070. The zero-order chi connectivity index (χ0) is 29.0. The first-order valence-electron chi connectivity index (χ1n) is 12.5. The summed E-state index contributed by atoms with van der Waals surface area (Å²) >= 11 is 5.36. The summed E-state index contributed by atoms with van der Waals surface area (Å²) in [7, 11) is 0. The van der Waals surface area contributed by atoms with E-state index in [0.29, 0.717) is 35.3 Å². The highest BCUT2D eigenvalue weighted by atomic mass is 35.5. The number of alkyl halides is 2. The zero-order valence-corrected chi connectivity index (χ0v) is 23.3. The van der Waals surface area contributed by atoms with Crippen LogP contribution >= 0.6 is 11.6 Å². The topological polar surface area (TPSA) is 116 Å². The van der Waals surface area contributed by atoms with E-state index in [1.54, 1.807) is 18.2 Å². The number of carbonyl (C=O) groups excluding carboxylic acids is 1. The molecule has 4 N–H and O–H groups in total. The normalized spacial score (nSPS) is 12.7. The van der Waals surface area contributed by atoms with E-state index in [0.717, 1.165) is 19.3 Å². The van der Waals surface area contributed by atoms with Crippen LogP contribution in [0.1, 0.15) is 71.1 Å². The van der Waals surface area contributed by atoms with Crippen LogP contribution in [-0.4, -0.2) is 39.4 Å². The first kappa shape index (κ1) is 33.1. The van der Waals surface area contributed by atoms with Gasteiger partial charge in [-0.1, -0.05) is 45.9 Å². The van der Waals surface area contributed by atoms with Crippen LogP contribution in [0.3, 0.4) is 0 Å². The molecule has 2 unspecified atom stereocenters. The Kier molecular flexibility index (Phi) is 13.5. The van der Waals surface area contributed by atoms with Crippen LogP contribution in [0.25, 0.3) is 0 Å². The van der Waals surface area contributed by atoms with Gasteiger partial charge in [-0.15, -0.1) is 0 Å². The molecule has 1 aromatic carbocycles. The van der Waals surface area contributed by atoms with Gasteiger partial charge in [-0.05, 0) is 55.2 Å². The molecule has 10 heteroatoms. The number of carbonyl (C=O) groups is 1. The molecule has 0 aliphatic carbocycles. The number of nitrogens with zero attached hydrogens (tertiary/aromatic N) is 1. The van der Waals surface area contributed by atoms with E-state index in [-0.39, 0.29) is 28.4 Å². The van der Waals surface area contributed by atoms with E-state index in [1.165, 1.54) is 18.3 Å². The Balaban J connectivity index is 0.000000686. The molecule has 0 amide bonds. The number of pyridine rings is 1. The average Bonchev–Trinajstić information content (AvgIpc) is 2.88. The number of aromatic nitrogens is 1. The maximum Gasteiger partial charge on any atom is 0.394 e. The number of Topliss-reactive ketones (excluding diaryl/α,β-unsaturated/α-hetero) is 1. The van der Waals surface area contributed by atoms with E-state index in [9.17, 15) is 23.8 Å². The highest BCUT2D eigenvalue weighted by Crippen LogP contribution is 2.31. The lowest BCUT2D eigenvalue weighted by molar-refractivity contribution is -0.158. The Labute approximate surface area is 228 Å². The van der Waals surface area contributed by atoms with Crippen molar-refractivity contribution in [2.45, 2.75) is 66.1 Å². The summed E-state index contributed by atoms with van der Waals surface area (Å²) in [4.78, 5) is 15.2. The van der Waals surface area contributed by atoms with Gasteiger partial charge in [0.2, 0.25) is 0 Å². The van der Waals surface area contributed by atoms with Crippen LogP contribution in [0.5, 0.6) is 5.75 Å². The summed E-state index contributed by atoms with van der Waals surface area (Å²) in [6.07, 6.45) is -0.626. The van der Waals surface area contributed by atoms with Gasteiger partial charge in [-0.3, -0.25) is 4.79 Å². The Morgan fingerprint density at radius 3 is 2.18 bits per heavy atom. The fourth-order valence-electron chi connectivity index (χ4n) is 3.53. The third-order valence-electron chi connectivity index (χ3n) is 5.92. The number of ether oxygens (including phenoxy) is 1. The third kappa shape index (κ3) is 10.1. The summed E-state index contributed by atoms with van der Waals surface area (Å²) in [6, 6.07) is 7.50. The van der Waals surface area contributed by atoms with E-state index >= 15 is 0 Å². The number of nitrogens with one attached hydrogen (secondary N) is 2. The molecule has 0 saturated carbocycles. The van der Waals surface area contributed by atoms with Crippen molar-refractivity contribution in [1.29, 1.82) is 5.41 Å². The van der Waals surface area contributed by atoms with Crippen LogP contribution in [-0.2, 0) is 4.79 Å². The quantitative estimate of drug-likeness (QED) is 0.157. The molecule has 2 rings (SSSR count). The van der Waals surface area contributed by atoms with Crippen LogP contribution < -0.4 is 10.1 Å². The van der Waals surface area contributed by atoms with Crippen molar-refractivity contribution < 1.29 is 28.5 Å². The largest absolute Gasteiger partial charge is 0.433 e. The molecule has 2 aromatic rings. The van der Waals surface area contributed by atoms with E-state index in [1.807, 2.05) is 27.7 Å². The molecule has 0 aliphatic heterocycles. The predicted molar refractivity (Wildman–Crippen MR) is 148 cm³/mol. The van der Waals surface area contributed by atoms with E-state index in [4.69, 9.17) is 17.0 Å². The lowest BCUT2D eigenvalue weighted by Crippen LogP contribution is -2.20. The lowest BCUT2D eigenvalue weighted by Gasteiger charge is -2.22.